The van der Waals surface area contributed by atoms with E-state index >= 15 is 8.78 Å². The van der Waals surface area contributed by atoms with Crippen LogP contribution in [-0.2, 0) is 0 Å². The van der Waals surface area contributed by atoms with Crippen molar-refractivity contribution in [3.63, 3.8) is 0 Å². The van der Waals surface area contributed by atoms with Gasteiger partial charge in [-0.25, -0.2) is 8.78 Å². The molecule has 0 heterocycles. The van der Waals surface area contributed by atoms with Gasteiger partial charge >= 0.3 is 0 Å². The van der Waals surface area contributed by atoms with Crippen LogP contribution in [0.4, 0.5) is 8.78 Å². The molecular formula is C27H46F2O2. The van der Waals surface area contributed by atoms with Gasteiger partial charge in [0, 0.05) is 12.3 Å². The lowest BCUT2D eigenvalue weighted by atomic mass is 9.43. The summed E-state index contributed by atoms with van der Waals surface area (Å²) in [7, 11) is 0. The van der Waals surface area contributed by atoms with Gasteiger partial charge in [-0.05, 0) is 119 Å². The van der Waals surface area contributed by atoms with Crippen LogP contribution in [0.5, 0.6) is 0 Å². The number of aliphatic hydroxyl groups is 2. The van der Waals surface area contributed by atoms with Crippen molar-refractivity contribution in [2.75, 3.05) is 0 Å². The van der Waals surface area contributed by atoms with E-state index in [0.717, 1.165) is 44.9 Å². The van der Waals surface area contributed by atoms with Crippen molar-refractivity contribution >= 4 is 0 Å². The first kappa shape index (κ1) is 23.9. The molecule has 4 aliphatic carbocycles. The molecule has 0 bridgehead atoms. The SMILES string of the molecule is C[C@H](CCC(C)(C)O)C1CC[C@H]2[C@@H]3CC(F)(F)[C@H]4C[C@@](C)(O)CC[C@]4(C)[C@H]3CC[C@]12C. The number of rotatable bonds is 4. The lowest BCUT2D eigenvalue weighted by Gasteiger charge is -2.63. The van der Waals surface area contributed by atoms with Gasteiger partial charge < -0.3 is 10.2 Å². The van der Waals surface area contributed by atoms with Gasteiger partial charge in [-0.2, -0.15) is 0 Å². The highest BCUT2D eigenvalue weighted by Gasteiger charge is 2.67. The van der Waals surface area contributed by atoms with Crippen LogP contribution in [-0.4, -0.2) is 27.3 Å². The van der Waals surface area contributed by atoms with Crippen molar-refractivity contribution in [3.8, 4) is 0 Å². The third-order valence-electron chi connectivity index (χ3n) is 10.9. The Labute approximate surface area is 188 Å². The van der Waals surface area contributed by atoms with E-state index in [2.05, 4.69) is 20.8 Å². The highest BCUT2D eigenvalue weighted by molar-refractivity contribution is 5.14. The molecule has 0 spiro atoms. The van der Waals surface area contributed by atoms with Gasteiger partial charge in [0.2, 0.25) is 0 Å². The number of hydrogen-bond acceptors (Lipinski definition) is 2. The molecule has 0 amide bonds. The summed E-state index contributed by atoms with van der Waals surface area (Å²) in [6.45, 7) is 12.4. The maximum absolute atomic E-state index is 15.7. The third kappa shape index (κ3) is 4.00. The number of hydrogen-bond donors (Lipinski definition) is 2. The third-order valence-corrected chi connectivity index (χ3v) is 10.9. The molecule has 0 saturated heterocycles. The standard InChI is InChI=1S/C27H46F2O2/c1-17(9-11-23(2,3)30)19-7-8-20-18-15-27(28,29)22-16-24(4,31)13-14-26(22,6)21(18)10-12-25(19,20)5/h17-22,30-31H,7-16H2,1-6H3/t17-,18+,19?,20+,21+,22+,24+,25-,26-/m1/s1. The normalized spacial score (nSPS) is 50.3. The molecule has 2 nitrogen and oxygen atoms in total. The van der Waals surface area contributed by atoms with Crippen LogP contribution in [0.15, 0.2) is 0 Å². The Morgan fingerprint density at radius 1 is 0.935 bits per heavy atom. The molecule has 4 rings (SSSR count). The lowest BCUT2D eigenvalue weighted by Crippen LogP contribution is -2.61. The van der Waals surface area contributed by atoms with E-state index < -0.39 is 23.0 Å². The quantitative estimate of drug-likeness (QED) is 0.503. The zero-order valence-corrected chi connectivity index (χ0v) is 20.7. The van der Waals surface area contributed by atoms with Crippen LogP contribution < -0.4 is 0 Å². The maximum atomic E-state index is 15.7. The first-order valence-corrected chi connectivity index (χ1v) is 12.9. The van der Waals surface area contributed by atoms with Crippen LogP contribution in [0.2, 0.25) is 0 Å². The second kappa shape index (κ2) is 7.39. The first-order valence-electron chi connectivity index (χ1n) is 12.9. The van der Waals surface area contributed by atoms with E-state index in [1.54, 1.807) is 6.92 Å². The summed E-state index contributed by atoms with van der Waals surface area (Å²) in [6.07, 6.45) is 7.93. The monoisotopic (exact) mass is 440 g/mol. The maximum Gasteiger partial charge on any atom is 0.251 e. The number of alkyl halides is 2. The highest BCUT2D eigenvalue weighted by Crippen LogP contribution is 2.71. The minimum absolute atomic E-state index is 0.0268. The van der Waals surface area contributed by atoms with E-state index in [4.69, 9.17) is 0 Å². The summed E-state index contributed by atoms with van der Waals surface area (Å²) in [6, 6.07) is 0. The topological polar surface area (TPSA) is 40.5 Å². The minimum atomic E-state index is -2.68. The molecule has 4 aliphatic rings. The molecule has 180 valence electrons. The molecule has 4 saturated carbocycles. The van der Waals surface area contributed by atoms with E-state index in [1.807, 2.05) is 13.8 Å². The van der Waals surface area contributed by atoms with Gasteiger partial charge in [-0.3, -0.25) is 0 Å². The fraction of sp³-hybridized carbons (Fsp3) is 1.00. The van der Waals surface area contributed by atoms with Crippen LogP contribution in [0.3, 0.4) is 0 Å². The molecule has 9 atom stereocenters. The Morgan fingerprint density at radius 3 is 2.23 bits per heavy atom. The molecule has 1 unspecified atom stereocenters. The van der Waals surface area contributed by atoms with Crippen LogP contribution in [0, 0.1) is 46.3 Å². The lowest BCUT2D eigenvalue weighted by molar-refractivity contribution is -0.245. The molecule has 0 radical (unpaired) electrons. The van der Waals surface area contributed by atoms with Gasteiger partial charge in [-0.1, -0.05) is 20.8 Å². The largest absolute Gasteiger partial charge is 0.390 e. The average molecular weight is 441 g/mol. The zero-order valence-electron chi connectivity index (χ0n) is 20.7. The summed E-state index contributed by atoms with van der Waals surface area (Å²) in [5.41, 5.74) is -1.78. The number of fused-ring (bicyclic) bond motifs is 5. The molecule has 0 aromatic rings. The zero-order chi connectivity index (χ0) is 23.0. The molecule has 0 aliphatic heterocycles. The van der Waals surface area contributed by atoms with Crippen molar-refractivity contribution in [2.24, 2.45) is 46.3 Å². The molecule has 4 fully saturated rings. The Hall–Kier alpha value is -0.220. The minimum Gasteiger partial charge on any atom is -0.390 e. The van der Waals surface area contributed by atoms with Crippen molar-refractivity contribution in [3.05, 3.63) is 0 Å². The summed E-state index contributed by atoms with van der Waals surface area (Å²) < 4.78 is 31.3. The molecule has 31 heavy (non-hydrogen) atoms. The smallest absolute Gasteiger partial charge is 0.251 e. The Balaban J connectivity index is 1.57. The highest BCUT2D eigenvalue weighted by atomic mass is 19.3. The van der Waals surface area contributed by atoms with Crippen molar-refractivity contribution in [2.45, 2.75) is 123 Å². The first-order chi connectivity index (χ1) is 14.1. The summed E-state index contributed by atoms with van der Waals surface area (Å²) >= 11 is 0. The fourth-order valence-electron chi connectivity index (χ4n) is 9.17. The van der Waals surface area contributed by atoms with E-state index in [1.165, 1.54) is 0 Å². The van der Waals surface area contributed by atoms with E-state index in [9.17, 15) is 10.2 Å². The summed E-state index contributed by atoms with van der Waals surface area (Å²) in [5.74, 6) is -1.38. The predicted molar refractivity (Wildman–Crippen MR) is 121 cm³/mol. The Kier molecular flexibility index (Phi) is 5.70. The van der Waals surface area contributed by atoms with Gasteiger partial charge in [0.25, 0.3) is 5.92 Å². The average Bonchev–Trinajstić information content (AvgIpc) is 2.98. The molecule has 0 aromatic heterocycles. The molecule has 0 aromatic carbocycles. The van der Waals surface area contributed by atoms with Gasteiger partial charge in [0.05, 0.1) is 11.2 Å². The van der Waals surface area contributed by atoms with E-state index in [-0.39, 0.29) is 29.6 Å². The Morgan fingerprint density at radius 2 is 1.58 bits per heavy atom. The second-order valence-corrected chi connectivity index (χ2v) is 13.7. The summed E-state index contributed by atoms with van der Waals surface area (Å²) in [4.78, 5) is 0. The van der Waals surface area contributed by atoms with E-state index in [0.29, 0.717) is 30.1 Å². The molecule has 4 heteroatoms. The van der Waals surface area contributed by atoms with Gasteiger partial charge in [0.15, 0.2) is 0 Å². The predicted octanol–water partition coefficient (Wildman–Crippen LogP) is 6.83. The van der Waals surface area contributed by atoms with Crippen molar-refractivity contribution < 1.29 is 19.0 Å². The Bertz CT molecular complexity index is 683. The fourth-order valence-corrected chi connectivity index (χ4v) is 9.17. The van der Waals surface area contributed by atoms with Gasteiger partial charge in [0.1, 0.15) is 0 Å². The summed E-state index contributed by atoms with van der Waals surface area (Å²) in [5, 5.41) is 20.8. The van der Waals surface area contributed by atoms with Crippen molar-refractivity contribution in [1.82, 2.24) is 0 Å². The molecular weight excluding hydrogens is 394 g/mol. The second-order valence-electron chi connectivity index (χ2n) is 13.7. The van der Waals surface area contributed by atoms with Crippen LogP contribution in [0.25, 0.3) is 0 Å². The molecule has 2 N–H and O–H groups in total. The van der Waals surface area contributed by atoms with Crippen LogP contribution in [0.1, 0.15) is 106 Å². The van der Waals surface area contributed by atoms with Gasteiger partial charge in [-0.15, -0.1) is 0 Å². The van der Waals surface area contributed by atoms with Crippen LogP contribution >= 0.6 is 0 Å². The number of halogens is 2. The van der Waals surface area contributed by atoms with Crippen molar-refractivity contribution in [1.29, 1.82) is 0 Å².